The molecule has 2 aromatic rings. The highest BCUT2D eigenvalue weighted by molar-refractivity contribution is 7.88. The van der Waals surface area contributed by atoms with E-state index in [2.05, 4.69) is 10.8 Å². The molecule has 3 rings (SSSR count). The lowest BCUT2D eigenvalue weighted by Crippen LogP contribution is -2.57. The summed E-state index contributed by atoms with van der Waals surface area (Å²) in [5.41, 5.74) is 3.22. The number of amides is 1. The molecule has 0 radical (unpaired) electrons. The normalized spacial score (nSPS) is 19.2. The Balaban J connectivity index is 1.85. The molecule has 2 atom stereocenters. The Labute approximate surface area is 184 Å². The fourth-order valence-corrected chi connectivity index (χ4v) is 4.82. The zero-order valence-electron chi connectivity index (χ0n) is 18.0. The first-order valence-corrected chi connectivity index (χ1v) is 12.3. The number of carbonyl (C=O) groups is 1. The largest absolute Gasteiger partial charge is 0.447 e. The molecule has 31 heavy (non-hydrogen) atoms. The van der Waals surface area contributed by atoms with Gasteiger partial charge >= 0.3 is 6.09 Å². The molecule has 168 valence electrons. The number of rotatable bonds is 8. The summed E-state index contributed by atoms with van der Waals surface area (Å²) in [6, 6.07) is 17.5. The Kier molecular flexibility index (Phi) is 8.06. The molecule has 1 saturated heterocycles. The highest BCUT2D eigenvalue weighted by Crippen LogP contribution is 2.26. The van der Waals surface area contributed by atoms with Crippen LogP contribution in [0, 0.1) is 0 Å². The smallest absolute Gasteiger partial charge is 0.410 e. The number of piperidine rings is 1. The molecule has 0 aliphatic carbocycles. The monoisotopic (exact) mass is 446 g/mol. The van der Waals surface area contributed by atoms with Gasteiger partial charge in [0.05, 0.1) is 18.9 Å². The highest BCUT2D eigenvalue weighted by atomic mass is 32.2. The minimum absolute atomic E-state index is 0.159. The molecular weight excluding hydrogens is 416 g/mol. The van der Waals surface area contributed by atoms with Crippen molar-refractivity contribution in [3.05, 3.63) is 60.2 Å². The summed E-state index contributed by atoms with van der Waals surface area (Å²) >= 11 is 0. The van der Waals surface area contributed by atoms with E-state index < -0.39 is 16.1 Å². The number of nitrogens with one attached hydrogen (secondary N) is 1. The van der Waals surface area contributed by atoms with Crippen molar-refractivity contribution < 1.29 is 22.7 Å². The van der Waals surface area contributed by atoms with Crippen molar-refractivity contribution in [2.24, 2.45) is 0 Å². The average molecular weight is 447 g/mol. The fraction of sp³-hybridized carbons (Fsp3) is 0.435. The Bertz CT molecular complexity index is 965. The average Bonchev–Trinajstić information content (AvgIpc) is 2.75. The molecule has 2 aromatic carbocycles. The van der Waals surface area contributed by atoms with Crippen LogP contribution in [0.25, 0.3) is 11.1 Å². The second kappa shape index (κ2) is 10.7. The number of nitrogens with zero attached hydrogens (tertiary/aromatic N) is 1. The van der Waals surface area contributed by atoms with Gasteiger partial charge < -0.3 is 14.4 Å². The summed E-state index contributed by atoms with van der Waals surface area (Å²) in [6.07, 6.45) is 2.59. The van der Waals surface area contributed by atoms with Crippen molar-refractivity contribution in [2.75, 3.05) is 33.1 Å². The summed E-state index contributed by atoms with van der Waals surface area (Å²) in [5.74, 6) is 0. The second-order valence-electron chi connectivity index (χ2n) is 7.78. The first-order chi connectivity index (χ1) is 14.9. The lowest BCUT2D eigenvalue weighted by molar-refractivity contribution is 0.0466. The molecule has 7 nitrogen and oxygen atoms in total. The van der Waals surface area contributed by atoms with Crippen molar-refractivity contribution in [3.63, 3.8) is 0 Å². The van der Waals surface area contributed by atoms with Crippen molar-refractivity contribution in [3.8, 4) is 11.1 Å². The molecule has 0 unspecified atom stereocenters. The van der Waals surface area contributed by atoms with Crippen LogP contribution in [0.5, 0.6) is 0 Å². The van der Waals surface area contributed by atoms with Crippen LogP contribution in [-0.2, 0) is 25.9 Å². The number of carbonyl (C=O) groups excluding carboxylic acids is 1. The van der Waals surface area contributed by atoms with Gasteiger partial charge in [0.15, 0.2) is 0 Å². The number of sulfonamides is 1. The zero-order chi connectivity index (χ0) is 22.3. The molecule has 0 saturated carbocycles. The summed E-state index contributed by atoms with van der Waals surface area (Å²) < 4.78 is 37.0. The van der Waals surface area contributed by atoms with Crippen molar-refractivity contribution in [1.29, 1.82) is 0 Å². The molecule has 1 aliphatic heterocycles. The van der Waals surface area contributed by atoms with Crippen LogP contribution in [0.2, 0.25) is 0 Å². The zero-order valence-corrected chi connectivity index (χ0v) is 18.8. The van der Waals surface area contributed by atoms with Crippen LogP contribution in [0.1, 0.15) is 18.4 Å². The van der Waals surface area contributed by atoms with E-state index in [0.29, 0.717) is 32.4 Å². The maximum atomic E-state index is 12.7. The lowest BCUT2D eigenvalue weighted by Gasteiger charge is -2.40. The van der Waals surface area contributed by atoms with Crippen LogP contribution in [0.3, 0.4) is 0 Å². The van der Waals surface area contributed by atoms with Gasteiger partial charge in [-0.05, 0) is 36.0 Å². The molecule has 1 N–H and O–H groups in total. The molecule has 8 heteroatoms. The third-order valence-corrected chi connectivity index (χ3v) is 6.10. The van der Waals surface area contributed by atoms with Gasteiger partial charge in [-0.25, -0.2) is 17.9 Å². The summed E-state index contributed by atoms with van der Waals surface area (Å²) in [6.45, 7) is 0.997. The highest BCUT2D eigenvalue weighted by Gasteiger charge is 2.36. The van der Waals surface area contributed by atoms with Gasteiger partial charge in [-0.2, -0.15) is 0 Å². The SMILES string of the molecule is COCCOC(=O)N1CCC[C@@H](NS(C)(=O)=O)[C@H]1Cc1cccc(-c2ccccc2)c1. The maximum absolute atomic E-state index is 12.7. The van der Waals surface area contributed by atoms with E-state index in [4.69, 9.17) is 9.47 Å². The van der Waals surface area contributed by atoms with Crippen LogP contribution >= 0.6 is 0 Å². The van der Waals surface area contributed by atoms with E-state index in [1.54, 1.807) is 12.0 Å². The van der Waals surface area contributed by atoms with Gasteiger partial charge in [-0.1, -0.05) is 54.6 Å². The Morgan fingerprint density at radius 1 is 1.10 bits per heavy atom. The van der Waals surface area contributed by atoms with Gasteiger partial charge in [0.2, 0.25) is 10.0 Å². The summed E-state index contributed by atoms with van der Waals surface area (Å²) in [5, 5.41) is 0. The molecular formula is C23H30N2O5S. The van der Waals surface area contributed by atoms with Crippen LogP contribution in [0.4, 0.5) is 4.79 Å². The Morgan fingerprint density at radius 2 is 1.84 bits per heavy atom. The van der Waals surface area contributed by atoms with Crippen LogP contribution < -0.4 is 4.72 Å². The topological polar surface area (TPSA) is 84.9 Å². The first-order valence-electron chi connectivity index (χ1n) is 10.4. The minimum Gasteiger partial charge on any atom is -0.447 e. The molecule has 1 aliphatic rings. The van der Waals surface area contributed by atoms with E-state index in [0.717, 1.165) is 22.9 Å². The fourth-order valence-electron chi connectivity index (χ4n) is 3.99. The van der Waals surface area contributed by atoms with Gasteiger partial charge in [0.1, 0.15) is 6.61 Å². The van der Waals surface area contributed by atoms with Gasteiger partial charge in [0, 0.05) is 19.7 Å². The van der Waals surface area contributed by atoms with Crippen molar-refractivity contribution >= 4 is 16.1 Å². The van der Waals surface area contributed by atoms with Crippen LogP contribution in [-0.4, -0.2) is 64.6 Å². The Morgan fingerprint density at radius 3 is 2.55 bits per heavy atom. The standard InChI is InChI=1S/C23H30N2O5S/c1-29-14-15-30-23(26)25-13-7-12-21(24-31(2,27)28)22(25)17-18-8-6-11-20(16-18)19-9-4-3-5-10-19/h3-6,8-11,16,21-22,24H,7,12-15,17H2,1-2H3/t21-,22-/m1/s1. The molecule has 1 fully saturated rings. The van der Waals surface area contributed by atoms with Crippen molar-refractivity contribution in [1.82, 2.24) is 9.62 Å². The van der Waals surface area contributed by atoms with E-state index in [9.17, 15) is 13.2 Å². The Hall–Kier alpha value is -2.42. The molecule has 1 heterocycles. The predicted octanol–water partition coefficient (Wildman–Crippen LogP) is 3.06. The summed E-state index contributed by atoms with van der Waals surface area (Å²) in [7, 11) is -1.87. The minimum atomic E-state index is -3.42. The van der Waals surface area contributed by atoms with Crippen molar-refractivity contribution in [2.45, 2.75) is 31.3 Å². The molecule has 1 amide bonds. The summed E-state index contributed by atoms with van der Waals surface area (Å²) in [4.78, 5) is 14.4. The number of methoxy groups -OCH3 is 1. The lowest BCUT2D eigenvalue weighted by atomic mass is 9.90. The number of ether oxygens (including phenoxy) is 2. The quantitative estimate of drug-likeness (QED) is 0.630. The second-order valence-corrected chi connectivity index (χ2v) is 9.56. The number of hydrogen-bond acceptors (Lipinski definition) is 5. The molecule has 0 spiro atoms. The number of benzene rings is 2. The van der Waals surface area contributed by atoms with E-state index in [1.165, 1.54) is 0 Å². The van der Waals surface area contributed by atoms with E-state index >= 15 is 0 Å². The third kappa shape index (κ3) is 6.78. The molecule has 0 bridgehead atoms. The predicted molar refractivity (Wildman–Crippen MR) is 120 cm³/mol. The van der Waals surface area contributed by atoms with E-state index in [1.807, 2.05) is 48.5 Å². The van der Waals surface area contributed by atoms with Gasteiger partial charge in [-0.15, -0.1) is 0 Å². The van der Waals surface area contributed by atoms with Gasteiger partial charge in [-0.3, -0.25) is 0 Å². The first kappa shape index (κ1) is 23.2. The number of hydrogen-bond donors (Lipinski definition) is 1. The van der Waals surface area contributed by atoms with Gasteiger partial charge in [0.25, 0.3) is 0 Å². The third-order valence-electron chi connectivity index (χ3n) is 5.37. The molecule has 0 aromatic heterocycles. The maximum Gasteiger partial charge on any atom is 0.410 e. The number of likely N-dealkylation sites (tertiary alicyclic amines) is 1. The van der Waals surface area contributed by atoms with E-state index in [-0.39, 0.29) is 18.7 Å². The van der Waals surface area contributed by atoms with Crippen LogP contribution in [0.15, 0.2) is 54.6 Å².